The Labute approximate surface area is 53.1 Å². The summed E-state index contributed by atoms with van der Waals surface area (Å²) < 4.78 is 0. The molecule has 1 saturated heterocycles. The normalized spacial score (nSPS) is 19.9. The third-order valence-electron chi connectivity index (χ3n) is 1.33. The van der Waals surface area contributed by atoms with Crippen molar-refractivity contribution in [2.45, 2.75) is 12.8 Å². The van der Waals surface area contributed by atoms with E-state index in [0.717, 1.165) is 0 Å². The summed E-state index contributed by atoms with van der Waals surface area (Å²) in [6.07, 6.45) is 2.83. The summed E-state index contributed by atoms with van der Waals surface area (Å²) in [5.41, 5.74) is 4.50. The Morgan fingerprint density at radius 1 is 1.25 bits per heavy atom. The number of hydrogen-bond donors (Lipinski definition) is 1. The van der Waals surface area contributed by atoms with Crippen LogP contribution in [0.15, 0.2) is 0 Å². The second-order valence-electron chi connectivity index (χ2n) is 2.01. The van der Waals surface area contributed by atoms with Gasteiger partial charge in [0.2, 0.25) is 0 Å². The predicted octanol–water partition coefficient (Wildman–Crippen LogP) is 0.533. The zero-order valence-electron chi connectivity index (χ0n) is 5.85. The van der Waals surface area contributed by atoms with E-state index in [4.69, 9.17) is 0 Å². The predicted molar refractivity (Wildman–Crippen MR) is 39.0 cm³/mol. The highest BCUT2D eigenvalue weighted by atomic mass is 15.1. The quantitative estimate of drug-likeness (QED) is 0.503. The molecular formula is C6H18N2. The molecule has 0 spiro atoms. The standard InChI is InChI=1S/C5H11N.CH5N.H2/c1-6-4-2-3-5-6;1-2;/h2-5H2,1H3;2H2,1H3;1H. The Balaban J connectivity index is 0. The Morgan fingerprint density at radius 3 is 1.75 bits per heavy atom. The van der Waals surface area contributed by atoms with Gasteiger partial charge in [-0.1, -0.05) is 0 Å². The number of hydrogen-bond acceptors (Lipinski definition) is 2. The first-order valence-corrected chi connectivity index (χ1v) is 3.16. The Morgan fingerprint density at radius 2 is 1.62 bits per heavy atom. The smallest absolute Gasteiger partial charge is 0 e. The maximum atomic E-state index is 4.50. The second kappa shape index (κ2) is 5.06. The van der Waals surface area contributed by atoms with Crippen LogP contribution in [-0.4, -0.2) is 32.1 Å². The minimum atomic E-state index is 0. The van der Waals surface area contributed by atoms with Gasteiger partial charge in [0.05, 0.1) is 0 Å². The van der Waals surface area contributed by atoms with E-state index >= 15 is 0 Å². The summed E-state index contributed by atoms with van der Waals surface area (Å²) in [5.74, 6) is 0. The second-order valence-corrected chi connectivity index (χ2v) is 2.01. The lowest BCUT2D eigenvalue weighted by Gasteiger charge is -2.01. The van der Waals surface area contributed by atoms with Gasteiger partial charge in [-0.3, -0.25) is 0 Å². The van der Waals surface area contributed by atoms with Gasteiger partial charge < -0.3 is 10.6 Å². The van der Waals surface area contributed by atoms with Crippen LogP contribution in [0.2, 0.25) is 0 Å². The van der Waals surface area contributed by atoms with Crippen LogP contribution < -0.4 is 5.73 Å². The molecule has 1 fully saturated rings. The van der Waals surface area contributed by atoms with E-state index in [0.29, 0.717) is 0 Å². The third-order valence-corrected chi connectivity index (χ3v) is 1.33. The molecule has 0 unspecified atom stereocenters. The molecule has 1 rings (SSSR count). The van der Waals surface area contributed by atoms with E-state index in [1.807, 2.05) is 0 Å². The highest BCUT2D eigenvalue weighted by molar-refractivity contribution is 4.59. The number of likely N-dealkylation sites (tertiary alicyclic amines) is 1. The number of rotatable bonds is 0. The fraction of sp³-hybridized carbons (Fsp3) is 1.00. The molecule has 0 aromatic heterocycles. The first kappa shape index (κ1) is 7.92. The van der Waals surface area contributed by atoms with Gasteiger partial charge in [-0.2, -0.15) is 0 Å². The van der Waals surface area contributed by atoms with Gasteiger partial charge in [-0.25, -0.2) is 0 Å². The molecule has 0 atom stereocenters. The van der Waals surface area contributed by atoms with Crippen LogP contribution in [0.3, 0.4) is 0 Å². The zero-order chi connectivity index (χ0) is 6.41. The summed E-state index contributed by atoms with van der Waals surface area (Å²) in [4.78, 5) is 2.36. The van der Waals surface area contributed by atoms with Gasteiger partial charge in [-0.05, 0) is 40.0 Å². The molecule has 0 saturated carbocycles. The minimum absolute atomic E-state index is 0. The van der Waals surface area contributed by atoms with Crippen LogP contribution in [0.25, 0.3) is 0 Å². The monoisotopic (exact) mass is 118 g/mol. The lowest BCUT2D eigenvalue weighted by atomic mass is 10.4. The van der Waals surface area contributed by atoms with Crippen molar-refractivity contribution in [3.63, 3.8) is 0 Å². The fourth-order valence-corrected chi connectivity index (χ4v) is 0.875. The summed E-state index contributed by atoms with van der Waals surface area (Å²) in [7, 11) is 3.67. The van der Waals surface area contributed by atoms with Gasteiger partial charge in [-0.15, -0.1) is 0 Å². The molecule has 0 aliphatic carbocycles. The lowest BCUT2D eigenvalue weighted by molar-refractivity contribution is 0.418. The van der Waals surface area contributed by atoms with Crippen molar-refractivity contribution in [1.29, 1.82) is 0 Å². The fourth-order valence-electron chi connectivity index (χ4n) is 0.875. The summed E-state index contributed by atoms with van der Waals surface area (Å²) in [6, 6.07) is 0. The van der Waals surface area contributed by atoms with Crippen molar-refractivity contribution in [1.82, 2.24) is 4.90 Å². The van der Waals surface area contributed by atoms with Gasteiger partial charge in [0, 0.05) is 1.43 Å². The van der Waals surface area contributed by atoms with E-state index in [-0.39, 0.29) is 1.43 Å². The molecule has 0 bridgehead atoms. The van der Waals surface area contributed by atoms with Crippen molar-refractivity contribution < 1.29 is 1.43 Å². The van der Waals surface area contributed by atoms with Crippen LogP contribution in [0, 0.1) is 0 Å². The van der Waals surface area contributed by atoms with Crippen LogP contribution in [-0.2, 0) is 0 Å². The van der Waals surface area contributed by atoms with E-state index in [2.05, 4.69) is 17.7 Å². The Hall–Kier alpha value is -0.0800. The Bertz CT molecular complexity index is 44.3. The lowest BCUT2D eigenvalue weighted by Crippen LogP contribution is -2.10. The van der Waals surface area contributed by atoms with Crippen LogP contribution in [0.1, 0.15) is 14.3 Å². The molecule has 0 amide bonds. The van der Waals surface area contributed by atoms with Crippen LogP contribution >= 0.6 is 0 Å². The maximum Gasteiger partial charge on any atom is 0 e. The first-order chi connectivity index (χ1) is 3.89. The molecule has 2 heteroatoms. The van der Waals surface area contributed by atoms with Crippen LogP contribution in [0.4, 0.5) is 0 Å². The van der Waals surface area contributed by atoms with Crippen molar-refractivity contribution in [3.8, 4) is 0 Å². The average molecular weight is 118 g/mol. The molecule has 1 aliphatic heterocycles. The van der Waals surface area contributed by atoms with Crippen molar-refractivity contribution >= 4 is 0 Å². The average Bonchev–Trinajstić information content (AvgIpc) is 2.24. The molecule has 1 aliphatic rings. The SMILES string of the molecule is CN.CN1CCCC1.[HH]. The minimum Gasteiger partial charge on any atom is -0.333 e. The molecule has 2 nitrogen and oxygen atoms in total. The van der Waals surface area contributed by atoms with E-state index < -0.39 is 0 Å². The van der Waals surface area contributed by atoms with Gasteiger partial charge in [0.15, 0.2) is 0 Å². The molecular weight excluding hydrogens is 100 g/mol. The van der Waals surface area contributed by atoms with Crippen molar-refractivity contribution in [3.05, 3.63) is 0 Å². The molecule has 0 aromatic carbocycles. The molecule has 2 N–H and O–H groups in total. The van der Waals surface area contributed by atoms with Gasteiger partial charge in [0.1, 0.15) is 0 Å². The third kappa shape index (κ3) is 2.99. The van der Waals surface area contributed by atoms with Crippen molar-refractivity contribution in [2.75, 3.05) is 27.2 Å². The topological polar surface area (TPSA) is 29.3 Å². The van der Waals surface area contributed by atoms with Gasteiger partial charge in [0.25, 0.3) is 0 Å². The molecule has 8 heavy (non-hydrogen) atoms. The number of nitrogens with two attached hydrogens (primary N) is 1. The highest BCUT2D eigenvalue weighted by Crippen LogP contribution is 2.01. The summed E-state index contributed by atoms with van der Waals surface area (Å²) >= 11 is 0. The first-order valence-electron chi connectivity index (χ1n) is 3.16. The van der Waals surface area contributed by atoms with E-state index in [9.17, 15) is 0 Å². The summed E-state index contributed by atoms with van der Waals surface area (Å²) in [6.45, 7) is 2.64. The molecule has 1 heterocycles. The highest BCUT2D eigenvalue weighted by Gasteiger charge is 2.03. The molecule has 0 radical (unpaired) electrons. The maximum absolute atomic E-state index is 4.50. The van der Waals surface area contributed by atoms with Gasteiger partial charge >= 0.3 is 0 Å². The van der Waals surface area contributed by atoms with E-state index in [1.165, 1.54) is 33.0 Å². The molecule has 52 valence electrons. The van der Waals surface area contributed by atoms with E-state index in [1.54, 1.807) is 0 Å². The van der Waals surface area contributed by atoms with Crippen LogP contribution in [0.5, 0.6) is 0 Å². The number of nitrogens with zero attached hydrogens (tertiary/aromatic N) is 1. The zero-order valence-corrected chi connectivity index (χ0v) is 5.85. The summed E-state index contributed by atoms with van der Waals surface area (Å²) in [5, 5.41) is 0. The Kier molecular flexibility index (Phi) is 5.01. The molecule has 0 aromatic rings. The largest absolute Gasteiger partial charge is 0.333 e. The van der Waals surface area contributed by atoms with Crippen molar-refractivity contribution in [2.24, 2.45) is 5.73 Å².